The molecule has 2 aromatic heterocycles. The largest absolute Gasteiger partial charge is 0.417 e. The molecule has 0 saturated carbocycles. The van der Waals surface area contributed by atoms with E-state index in [0.717, 1.165) is 53.9 Å². The number of aromatic nitrogens is 2. The summed E-state index contributed by atoms with van der Waals surface area (Å²) in [7, 11) is -6.70. The van der Waals surface area contributed by atoms with Crippen LogP contribution in [0.1, 0.15) is 50.0 Å². The highest BCUT2D eigenvalue weighted by Crippen LogP contribution is 2.41. The number of ether oxygens (including phenoxy) is 2. The number of aliphatic hydroxyl groups is 1. The Balaban J connectivity index is 0.000000276. The van der Waals surface area contributed by atoms with Crippen molar-refractivity contribution in [3.63, 3.8) is 0 Å². The molecule has 0 spiro atoms. The standard InChI is InChI=1S/C22H18Cl2F3N3O6S.C15H13BrClF3N2O3S.C7H4ClNO3/c1-12-7-19(20(28-10-12)21(31)15-8-13(30(32)33)3-5-17(15)23)29(11-36-2)37(34,35)14-4-6-18(24)16(9-14)22(25,26)27;1-9-5-13(14(16)21-7-9)22(8-25-2)26(23,24)10-3-4-12(17)11(6-10)15(18,19)20;8-7-2-1-6(9(11)12)3-5(7)4-10/h3-10,21,31H,11H2,1-2H3;3-7H,8H2,1-2H3;1-4H. The Kier molecular flexibility index (Phi) is 20.9. The van der Waals surface area contributed by atoms with Crippen molar-refractivity contribution in [3.05, 3.63) is 181 Å². The van der Waals surface area contributed by atoms with Crippen LogP contribution in [0, 0.1) is 34.1 Å². The number of pyridine rings is 2. The van der Waals surface area contributed by atoms with Gasteiger partial charge in [-0.25, -0.2) is 30.4 Å². The van der Waals surface area contributed by atoms with E-state index < -0.39 is 98.5 Å². The van der Waals surface area contributed by atoms with Crippen LogP contribution < -0.4 is 8.61 Å². The molecule has 0 saturated heterocycles. The number of aliphatic hydroxyl groups excluding tert-OH is 1. The Bertz CT molecular complexity index is 3350. The minimum Gasteiger partial charge on any atom is -0.382 e. The smallest absolute Gasteiger partial charge is 0.382 e. The van der Waals surface area contributed by atoms with Gasteiger partial charge in [0.2, 0.25) is 0 Å². The summed E-state index contributed by atoms with van der Waals surface area (Å²) in [4.78, 5) is 37.2. The number of nitro groups is 2. The molecule has 31 heteroatoms. The third-order valence-electron chi connectivity index (χ3n) is 9.75. The average Bonchev–Trinajstić information content (AvgIpc) is 3.33. The molecule has 75 heavy (non-hydrogen) atoms. The van der Waals surface area contributed by atoms with E-state index in [-0.39, 0.29) is 48.5 Å². The number of methoxy groups -OCH3 is 2. The van der Waals surface area contributed by atoms with Gasteiger partial charge in [-0.15, -0.1) is 0 Å². The highest BCUT2D eigenvalue weighted by Gasteiger charge is 2.38. The number of aldehydes is 1. The number of carbonyl (C=O) groups is 1. The molecule has 6 aromatic rings. The van der Waals surface area contributed by atoms with E-state index in [4.69, 9.17) is 55.9 Å². The topological polar surface area (TPSA) is 243 Å². The summed E-state index contributed by atoms with van der Waals surface area (Å²) in [5.41, 5.74) is -2.46. The van der Waals surface area contributed by atoms with E-state index in [1.54, 1.807) is 13.8 Å². The zero-order valence-corrected chi connectivity index (χ0v) is 44.6. The Morgan fingerprint density at radius 1 is 0.667 bits per heavy atom. The normalized spacial score (nSPS) is 12.1. The van der Waals surface area contributed by atoms with Crippen molar-refractivity contribution in [1.29, 1.82) is 0 Å². The third kappa shape index (κ3) is 15.2. The molecule has 0 aliphatic carbocycles. The van der Waals surface area contributed by atoms with Gasteiger partial charge in [0.05, 0.1) is 62.9 Å². The summed E-state index contributed by atoms with van der Waals surface area (Å²) < 4.78 is 144. The van der Waals surface area contributed by atoms with Crippen molar-refractivity contribution in [2.45, 2.75) is 42.1 Å². The third-order valence-corrected chi connectivity index (χ3v) is 15.2. The Morgan fingerprint density at radius 3 is 1.52 bits per heavy atom. The van der Waals surface area contributed by atoms with Crippen LogP contribution in [0.3, 0.4) is 0 Å². The van der Waals surface area contributed by atoms with Crippen LogP contribution in [0.15, 0.2) is 112 Å². The summed E-state index contributed by atoms with van der Waals surface area (Å²) in [6.07, 6.45) is -8.19. The molecule has 4 aromatic carbocycles. The SMILES string of the molecule is COCN(c1cc(C)cnc1Br)S(=O)(=O)c1ccc(Cl)c(C(F)(F)F)c1.COCN(c1cc(C)cnc1C(O)c1cc([N+](=O)[O-])ccc1Cl)S(=O)(=O)c1ccc(Cl)c(C(F)(F)F)c1.O=Cc1cc([N+](=O)[O-])ccc1Cl. The fourth-order valence-corrected chi connectivity index (χ4v) is 10.4. The maximum atomic E-state index is 13.6. The molecule has 402 valence electrons. The van der Waals surface area contributed by atoms with Gasteiger partial charge in [0, 0.05) is 67.0 Å². The maximum Gasteiger partial charge on any atom is 0.417 e. The summed E-state index contributed by atoms with van der Waals surface area (Å²) in [6.45, 7) is 2.16. The van der Waals surface area contributed by atoms with Gasteiger partial charge in [0.15, 0.2) is 6.29 Å². The van der Waals surface area contributed by atoms with Crippen molar-refractivity contribution in [1.82, 2.24) is 9.97 Å². The number of nitrogens with zero attached hydrogens (tertiary/aromatic N) is 6. The first kappa shape index (κ1) is 61.8. The fraction of sp³-hybridized carbons (Fsp3) is 0.205. The number of benzene rings is 4. The van der Waals surface area contributed by atoms with Gasteiger partial charge in [-0.05, 0) is 102 Å². The Hall–Kier alpha value is -5.75. The lowest BCUT2D eigenvalue weighted by atomic mass is 10.0. The number of sulfonamides is 2. The summed E-state index contributed by atoms with van der Waals surface area (Å²) >= 11 is 26.0. The van der Waals surface area contributed by atoms with Gasteiger partial charge < -0.3 is 14.6 Å². The maximum absolute atomic E-state index is 13.6. The molecular weight excluding hydrogens is 1200 g/mol. The summed E-state index contributed by atoms with van der Waals surface area (Å²) in [6, 6.07) is 14.3. The van der Waals surface area contributed by atoms with E-state index in [9.17, 15) is 73.3 Å². The zero-order valence-electron chi connectivity index (χ0n) is 38.4. The van der Waals surface area contributed by atoms with Crippen LogP contribution in [0.4, 0.5) is 49.1 Å². The first-order chi connectivity index (χ1) is 34.8. The van der Waals surface area contributed by atoms with E-state index in [2.05, 4.69) is 25.9 Å². The van der Waals surface area contributed by atoms with E-state index in [1.165, 1.54) is 49.8 Å². The minimum absolute atomic E-state index is 0.0694. The molecule has 0 radical (unpaired) electrons. The number of non-ortho nitro benzene ring substituents is 2. The van der Waals surface area contributed by atoms with Crippen molar-refractivity contribution < 1.29 is 72.4 Å². The van der Waals surface area contributed by atoms with Gasteiger partial charge >= 0.3 is 12.4 Å². The molecule has 0 aliphatic heterocycles. The lowest BCUT2D eigenvalue weighted by molar-refractivity contribution is -0.385. The first-order valence-electron chi connectivity index (χ1n) is 20.2. The van der Waals surface area contributed by atoms with Crippen LogP contribution in [-0.2, 0) is 41.9 Å². The van der Waals surface area contributed by atoms with Crippen molar-refractivity contribution >= 4 is 111 Å². The first-order valence-corrected chi connectivity index (χ1v) is 25.4. The van der Waals surface area contributed by atoms with Crippen molar-refractivity contribution in [2.24, 2.45) is 0 Å². The van der Waals surface area contributed by atoms with Gasteiger partial charge in [-0.3, -0.25) is 30.0 Å². The summed E-state index contributed by atoms with van der Waals surface area (Å²) in [5.74, 6) is 0. The quantitative estimate of drug-likeness (QED) is 0.0251. The van der Waals surface area contributed by atoms with Crippen LogP contribution >= 0.6 is 62.3 Å². The molecule has 0 fully saturated rings. The second-order valence-corrected chi connectivity index (χ2v) is 21.1. The Morgan fingerprint density at radius 2 is 1.08 bits per heavy atom. The van der Waals surface area contributed by atoms with E-state index >= 15 is 0 Å². The molecule has 0 aliphatic rings. The number of carbonyl (C=O) groups excluding carboxylic acids is 1. The van der Waals surface area contributed by atoms with Gasteiger partial charge in [0.25, 0.3) is 31.4 Å². The molecule has 18 nitrogen and oxygen atoms in total. The molecule has 0 bridgehead atoms. The number of aryl methyl sites for hydroxylation is 2. The number of anilines is 2. The van der Waals surface area contributed by atoms with Gasteiger partial charge in [-0.2, -0.15) is 26.3 Å². The molecule has 2 heterocycles. The Labute approximate surface area is 450 Å². The zero-order chi connectivity index (χ0) is 56.5. The van der Waals surface area contributed by atoms with Crippen molar-refractivity contribution in [3.8, 4) is 0 Å². The molecule has 6 rings (SSSR count). The number of nitro benzene ring substituents is 2. The van der Waals surface area contributed by atoms with Crippen LogP contribution in [0.2, 0.25) is 20.1 Å². The van der Waals surface area contributed by atoms with Crippen molar-refractivity contribution in [2.75, 3.05) is 36.3 Å². The average molecular weight is 1240 g/mol. The molecule has 1 unspecified atom stereocenters. The predicted molar refractivity (Wildman–Crippen MR) is 267 cm³/mol. The van der Waals surface area contributed by atoms with Crippen LogP contribution in [0.25, 0.3) is 0 Å². The highest BCUT2D eigenvalue weighted by molar-refractivity contribution is 9.10. The molecule has 0 amide bonds. The lowest BCUT2D eigenvalue weighted by Gasteiger charge is -2.27. The highest BCUT2D eigenvalue weighted by atomic mass is 79.9. The fourth-order valence-electron chi connectivity index (χ4n) is 6.21. The number of halogens is 11. The number of alkyl halides is 6. The van der Waals surface area contributed by atoms with Crippen LogP contribution in [-0.4, -0.2) is 75.7 Å². The van der Waals surface area contributed by atoms with Gasteiger partial charge in [-0.1, -0.05) is 46.4 Å². The molecule has 1 N–H and O–H groups in total. The second-order valence-electron chi connectivity index (χ2n) is 15.0. The predicted octanol–water partition coefficient (Wildman–Crippen LogP) is 12.2. The second kappa shape index (κ2) is 25.4. The number of hydrogen-bond acceptors (Lipinski definition) is 14. The van der Waals surface area contributed by atoms with E-state index in [1.807, 2.05) is 0 Å². The minimum atomic E-state index is -4.93. The number of rotatable bonds is 15. The lowest BCUT2D eigenvalue weighted by Crippen LogP contribution is -2.34. The van der Waals surface area contributed by atoms with E-state index in [0.29, 0.717) is 33.9 Å². The summed E-state index contributed by atoms with van der Waals surface area (Å²) in [5, 5.41) is 31.4. The monoisotopic (exact) mass is 1240 g/mol. The number of hydrogen-bond donors (Lipinski definition) is 1. The van der Waals surface area contributed by atoms with Crippen LogP contribution in [0.5, 0.6) is 0 Å². The van der Waals surface area contributed by atoms with Gasteiger partial charge in [0.1, 0.15) is 24.2 Å². The molecular formula is C44H35BrCl4F6N6O12S2. The molecule has 1 atom stereocenters.